The molecule has 0 radical (unpaired) electrons. The van der Waals surface area contributed by atoms with E-state index in [1.54, 1.807) is 6.20 Å². The zero-order valence-corrected chi connectivity index (χ0v) is 7.69. The molecule has 0 aromatic carbocycles. The van der Waals surface area contributed by atoms with E-state index in [0.717, 1.165) is 6.26 Å². The summed E-state index contributed by atoms with van der Waals surface area (Å²) in [5.41, 5.74) is 0.530. The zero-order chi connectivity index (χ0) is 9.47. The Bertz CT molecular complexity index is 544. The molecule has 0 atom stereocenters. The average Bonchev–Trinajstić information content (AvgIpc) is 2.47. The summed E-state index contributed by atoms with van der Waals surface area (Å²) < 4.78 is 23.8. The summed E-state index contributed by atoms with van der Waals surface area (Å²) in [4.78, 5) is 4.14. The summed E-state index contributed by atoms with van der Waals surface area (Å²) in [6, 6.07) is 2.99. The predicted octanol–water partition coefficient (Wildman–Crippen LogP) is 0.133. The maximum absolute atomic E-state index is 11.1. The highest BCUT2D eigenvalue weighted by atomic mass is 32.2. The Balaban J connectivity index is 2.75. The third-order valence-corrected chi connectivity index (χ3v) is 2.79. The van der Waals surface area contributed by atoms with Crippen LogP contribution in [0, 0.1) is 0 Å². The van der Waals surface area contributed by atoms with Crippen LogP contribution in [0.2, 0.25) is 0 Å². The van der Waals surface area contributed by atoms with Crippen LogP contribution in [-0.4, -0.2) is 29.3 Å². The van der Waals surface area contributed by atoms with Gasteiger partial charge in [-0.1, -0.05) is 0 Å². The van der Waals surface area contributed by atoms with Gasteiger partial charge < -0.3 is 0 Å². The first kappa shape index (κ1) is 8.18. The van der Waals surface area contributed by atoms with Crippen LogP contribution in [0.3, 0.4) is 0 Å². The van der Waals surface area contributed by atoms with Gasteiger partial charge in [0.25, 0.3) is 0 Å². The van der Waals surface area contributed by atoms with Gasteiger partial charge in [-0.15, -0.1) is 0 Å². The molecule has 2 heterocycles. The van der Waals surface area contributed by atoms with E-state index >= 15 is 0 Å². The average molecular weight is 197 g/mol. The summed E-state index contributed by atoms with van der Waals surface area (Å²) in [6.45, 7) is 0. The van der Waals surface area contributed by atoms with Crippen LogP contribution in [0.5, 0.6) is 0 Å². The zero-order valence-electron chi connectivity index (χ0n) is 6.88. The van der Waals surface area contributed by atoms with Gasteiger partial charge in [-0.25, -0.2) is 17.9 Å². The van der Waals surface area contributed by atoms with E-state index in [1.165, 1.54) is 23.0 Å². The summed E-state index contributed by atoms with van der Waals surface area (Å²) in [6.07, 6.45) is 4.11. The second-order valence-electron chi connectivity index (χ2n) is 2.70. The van der Waals surface area contributed by atoms with E-state index in [2.05, 4.69) is 10.1 Å². The Hall–Kier alpha value is -1.43. The highest BCUT2D eigenvalue weighted by molar-refractivity contribution is 7.90. The van der Waals surface area contributed by atoms with Gasteiger partial charge in [0, 0.05) is 18.5 Å². The normalized spacial score (nSPS) is 12.1. The summed E-state index contributed by atoms with van der Waals surface area (Å²) >= 11 is 0. The molecule has 0 aliphatic rings. The monoisotopic (exact) mass is 197 g/mol. The highest BCUT2D eigenvalue weighted by Crippen LogP contribution is 2.09. The first-order valence-corrected chi connectivity index (χ1v) is 5.46. The second kappa shape index (κ2) is 2.53. The molecule has 0 N–H and O–H groups in total. The van der Waals surface area contributed by atoms with Crippen LogP contribution >= 0.6 is 0 Å². The molecule has 0 fully saturated rings. The second-order valence-corrected chi connectivity index (χ2v) is 4.71. The fraction of sp³-hybridized carbons (Fsp3) is 0.143. The van der Waals surface area contributed by atoms with Crippen molar-refractivity contribution in [3.8, 4) is 0 Å². The van der Waals surface area contributed by atoms with Crippen LogP contribution in [0.4, 0.5) is 0 Å². The Labute approximate surface area is 74.9 Å². The van der Waals surface area contributed by atoms with Crippen molar-refractivity contribution in [2.45, 2.75) is 4.90 Å². The standard InChI is InChI=1S/C7H7N3O2S/c1-13(11,12)6-2-3-10-7(4-6)8-5-9-10/h2-5H,1H3. The maximum atomic E-state index is 11.1. The molecule has 2 aromatic rings. The summed E-state index contributed by atoms with van der Waals surface area (Å²) in [5, 5.41) is 3.85. The maximum Gasteiger partial charge on any atom is 0.175 e. The van der Waals surface area contributed by atoms with Crippen molar-refractivity contribution in [3.05, 3.63) is 24.7 Å². The molecule has 6 heteroatoms. The van der Waals surface area contributed by atoms with Crippen LogP contribution in [0.25, 0.3) is 5.65 Å². The molecular weight excluding hydrogens is 190 g/mol. The highest BCUT2D eigenvalue weighted by Gasteiger charge is 2.07. The molecule has 2 rings (SSSR count). The molecule has 0 amide bonds. The summed E-state index contributed by atoms with van der Waals surface area (Å²) in [7, 11) is -3.15. The number of hydrogen-bond acceptors (Lipinski definition) is 4. The number of pyridine rings is 1. The van der Waals surface area contributed by atoms with E-state index in [0.29, 0.717) is 5.65 Å². The fourth-order valence-electron chi connectivity index (χ4n) is 1.03. The van der Waals surface area contributed by atoms with Gasteiger partial charge >= 0.3 is 0 Å². The van der Waals surface area contributed by atoms with E-state index in [-0.39, 0.29) is 4.90 Å². The Morgan fingerprint density at radius 1 is 1.46 bits per heavy atom. The Kier molecular flexibility index (Phi) is 1.59. The minimum atomic E-state index is -3.15. The number of sulfone groups is 1. The van der Waals surface area contributed by atoms with Crippen molar-refractivity contribution in [1.29, 1.82) is 0 Å². The van der Waals surface area contributed by atoms with Crippen molar-refractivity contribution in [2.24, 2.45) is 0 Å². The number of hydrogen-bond donors (Lipinski definition) is 0. The van der Waals surface area contributed by atoms with E-state index in [1.807, 2.05) is 0 Å². The van der Waals surface area contributed by atoms with Crippen LogP contribution in [-0.2, 0) is 9.84 Å². The molecule has 0 aliphatic carbocycles. The molecule has 0 spiro atoms. The quantitative estimate of drug-likeness (QED) is 0.652. The topological polar surface area (TPSA) is 64.3 Å². The minimum absolute atomic E-state index is 0.257. The lowest BCUT2D eigenvalue weighted by Gasteiger charge is -1.97. The van der Waals surface area contributed by atoms with Crippen LogP contribution < -0.4 is 0 Å². The number of nitrogens with zero attached hydrogens (tertiary/aromatic N) is 3. The van der Waals surface area contributed by atoms with Crippen molar-refractivity contribution in [1.82, 2.24) is 14.6 Å². The Morgan fingerprint density at radius 3 is 2.92 bits per heavy atom. The Morgan fingerprint density at radius 2 is 2.23 bits per heavy atom. The van der Waals surface area contributed by atoms with Crippen LogP contribution in [0.15, 0.2) is 29.6 Å². The van der Waals surface area contributed by atoms with Crippen molar-refractivity contribution >= 4 is 15.5 Å². The van der Waals surface area contributed by atoms with Crippen LogP contribution in [0.1, 0.15) is 0 Å². The molecule has 13 heavy (non-hydrogen) atoms. The molecule has 68 valence electrons. The third-order valence-electron chi connectivity index (χ3n) is 1.68. The lowest BCUT2D eigenvalue weighted by Crippen LogP contribution is -1.98. The molecule has 0 unspecified atom stereocenters. The lowest BCUT2D eigenvalue weighted by atomic mass is 10.5. The van der Waals surface area contributed by atoms with Crippen molar-refractivity contribution in [2.75, 3.05) is 6.26 Å². The molecule has 2 aromatic heterocycles. The lowest BCUT2D eigenvalue weighted by molar-refractivity contribution is 0.601. The van der Waals surface area contributed by atoms with E-state index < -0.39 is 9.84 Å². The fourth-order valence-corrected chi connectivity index (χ4v) is 1.65. The van der Waals surface area contributed by atoms with Gasteiger partial charge in [-0.2, -0.15) is 5.10 Å². The first-order chi connectivity index (χ1) is 6.07. The molecule has 0 saturated heterocycles. The van der Waals surface area contributed by atoms with E-state index in [9.17, 15) is 8.42 Å². The van der Waals surface area contributed by atoms with Gasteiger partial charge in [0.05, 0.1) is 4.90 Å². The van der Waals surface area contributed by atoms with Crippen molar-refractivity contribution in [3.63, 3.8) is 0 Å². The number of aromatic nitrogens is 3. The molecule has 5 nitrogen and oxygen atoms in total. The van der Waals surface area contributed by atoms with Gasteiger partial charge in [0.2, 0.25) is 0 Å². The minimum Gasteiger partial charge on any atom is -0.224 e. The van der Waals surface area contributed by atoms with Crippen molar-refractivity contribution < 1.29 is 8.42 Å². The van der Waals surface area contributed by atoms with Gasteiger partial charge in [0.1, 0.15) is 6.33 Å². The van der Waals surface area contributed by atoms with E-state index in [4.69, 9.17) is 0 Å². The van der Waals surface area contributed by atoms with Gasteiger partial charge in [-0.3, -0.25) is 0 Å². The molecular formula is C7H7N3O2S. The smallest absolute Gasteiger partial charge is 0.175 e. The number of rotatable bonds is 1. The third kappa shape index (κ3) is 1.40. The summed E-state index contributed by atoms with van der Waals surface area (Å²) in [5.74, 6) is 0. The van der Waals surface area contributed by atoms with Gasteiger partial charge in [-0.05, 0) is 6.07 Å². The molecule has 0 aliphatic heterocycles. The van der Waals surface area contributed by atoms with Gasteiger partial charge in [0.15, 0.2) is 15.5 Å². The number of fused-ring (bicyclic) bond motifs is 1. The largest absolute Gasteiger partial charge is 0.224 e. The first-order valence-electron chi connectivity index (χ1n) is 3.57. The SMILES string of the molecule is CS(=O)(=O)c1ccn2ncnc2c1. The molecule has 0 saturated carbocycles. The molecule has 0 bridgehead atoms. The predicted molar refractivity (Wildman–Crippen MR) is 46.1 cm³/mol.